The highest BCUT2D eigenvalue weighted by atomic mass is 79.9. The molecule has 2 heterocycles. The minimum atomic E-state index is 0.566. The van der Waals surface area contributed by atoms with Gasteiger partial charge in [-0.3, -0.25) is 0 Å². The molecule has 2 rings (SSSR count). The fourth-order valence-electron chi connectivity index (χ4n) is 2.72. The zero-order valence-corrected chi connectivity index (χ0v) is 12.7. The van der Waals surface area contributed by atoms with Crippen molar-refractivity contribution < 1.29 is 0 Å². The van der Waals surface area contributed by atoms with E-state index >= 15 is 0 Å². The summed E-state index contributed by atoms with van der Waals surface area (Å²) in [5.74, 6) is 2.58. The van der Waals surface area contributed by atoms with E-state index in [0.717, 1.165) is 28.7 Å². The van der Waals surface area contributed by atoms with Crippen LogP contribution in [0.2, 0.25) is 0 Å². The topological polar surface area (TPSA) is 16.1 Å². The number of anilines is 1. The zero-order valence-electron chi connectivity index (χ0n) is 11.1. The Labute approximate surface area is 113 Å². The van der Waals surface area contributed by atoms with Crippen LogP contribution in [0.25, 0.3) is 0 Å². The molecule has 1 aliphatic heterocycles. The molecule has 2 nitrogen and oxygen atoms in total. The van der Waals surface area contributed by atoms with Crippen molar-refractivity contribution in [3.63, 3.8) is 0 Å². The normalized spacial score (nSPS) is 29.5. The molecule has 3 atom stereocenters. The van der Waals surface area contributed by atoms with Crippen molar-refractivity contribution in [3.05, 3.63) is 22.3 Å². The molecule has 1 saturated heterocycles. The maximum atomic E-state index is 4.56. The number of aryl methyl sites for hydroxylation is 1. The molecule has 0 amide bonds. The van der Waals surface area contributed by atoms with Gasteiger partial charge in [-0.05, 0) is 59.7 Å². The first-order valence-corrected chi connectivity index (χ1v) is 7.17. The van der Waals surface area contributed by atoms with Crippen molar-refractivity contribution in [2.75, 3.05) is 11.4 Å². The second kappa shape index (κ2) is 4.97. The van der Waals surface area contributed by atoms with E-state index in [9.17, 15) is 0 Å². The largest absolute Gasteiger partial charge is 0.352 e. The van der Waals surface area contributed by atoms with Crippen molar-refractivity contribution >= 4 is 21.7 Å². The van der Waals surface area contributed by atoms with Gasteiger partial charge in [-0.1, -0.05) is 13.8 Å². The maximum Gasteiger partial charge on any atom is 0.143 e. The van der Waals surface area contributed by atoms with Crippen LogP contribution in [-0.4, -0.2) is 17.6 Å². The van der Waals surface area contributed by atoms with Crippen LogP contribution < -0.4 is 4.90 Å². The number of hydrogen-bond donors (Lipinski definition) is 0. The van der Waals surface area contributed by atoms with Crippen molar-refractivity contribution in [2.24, 2.45) is 11.8 Å². The third-order valence-electron chi connectivity index (χ3n) is 3.93. The third-order valence-corrected chi connectivity index (χ3v) is 4.91. The number of aromatic nitrogens is 1. The van der Waals surface area contributed by atoms with Crippen LogP contribution >= 0.6 is 15.9 Å². The van der Waals surface area contributed by atoms with Gasteiger partial charge in [-0.25, -0.2) is 4.98 Å². The Hall–Kier alpha value is -0.570. The fourth-order valence-corrected chi connectivity index (χ4v) is 3.18. The van der Waals surface area contributed by atoms with Gasteiger partial charge in [0.15, 0.2) is 0 Å². The number of nitrogens with zero attached hydrogens (tertiary/aromatic N) is 2. The molecular weight excluding hydrogens is 276 g/mol. The molecule has 0 N–H and O–H groups in total. The van der Waals surface area contributed by atoms with Gasteiger partial charge >= 0.3 is 0 Å². The Kier molecular flexibility index (Phi) is 3.76. The molecule has 94 valence electrons. The van der Waals surface area contributed by atoms with Gasteiger partial charge < -0.3 is 4.90 Å². The molecule has 0 spiro atoms. The lowest BCUT2D eigenvalue weighted by atomic mass is 9.86. The smallest absolute Gasteiger partial charge is 0.143 e. The van der Waals surface area contributed by atoms with Crippen LogP contribution in [0, 0.1) is 18.8 Å². The Balaban J connectivity index is 2.34. The monoisotopic (exact) mass is 296 g/mol. The minimum Gasteiger partial charge on any atom is -0.352 e. The molecule has 0 saturated carbocycles. The Morgan fingerprint density at radius 3 is 2.76 bits per heavy atom. The summed E-state index contributed by atoms with van der Waals surface area (Å²) < 4.78 is 1.15. The first-order chi connectivity index (χ1) is 8.00. The van der Waals surface area contributed by atoms with Crippen LogP contribution in [0.5, 0.6) is 0 Å². The summed E-state index contributed by atoms with van der Waals surface area (Å²) in [5.41, 5.74) is 1.26. The molecule has 1 aliphatic rings. The van der Waals surface area contributed by atoms with E-state index in [0.29, 0.717) is 6.04 Å². The standard InChI is InChI=1S/C14H21BrN2/c1-9-7-11(3)12(4)17(8-9)14-13(15)10(2)5-6-16-14/h5-6,9,11-12H,7-8H2,1-4H3. The lowest BCUT2D eigenvalue weighted by molar-refractivity contribution is 0.295. The SMILES string of the molecule is Cc1ccnc(N2CC(C)CC(C)C2C)c1Br. The van der Waals surface area contributed by atoms with Crippen LogP contribution in [-0.2, 0) is 0 Å². The molecule has 1 fully saturated rings. The van der Waals surface area contributed by atoms with Crippen molar-refractivity contribution in [1.29, 1.82) is 0 Å². The predicted octanol–water partition coefficient (Wildman–Crippen LogP) is 4.02. The highest BCUT2D eigenvalue weighted by Crippen LogP contribution is 2.34. The lowest BCUT2D eigenvalue weighted by Gasteiger charge is -2.42. The Morgan fingerprint density at radius 1 is 1.35 bits per heavy atom. The second-order valence-corrected chi connectivity index (χ2v) is 6.27. The van der Waals surface area contributed by atoms with Gasteiger partial charge in [0.05, 0.1) is 4.47 Å². The summed E-state index contributed by atoms with van der Waals surface area (Å²) in [5, 5.41) is 0. The molecule has 0 aliphatic carbocycles. The van der Waals surface area contributed by atoms with Gasteiger partial charge in [-0.15, -0.1) is 0 Å². The maximum absolute atomic E-state index is 4.56. The van der Waals surface area contributed by atoms with Crippen LogP contribution in [0.3, 0.4) is 0 Å². The Bertz CT molecular complexity index is 405. The van der Waals surface area contributed by atoms with Crippen molar-refractivity contribution in [2.45, 2.75) is 40.2 Å². The second-order valence-electron chi connectivity index (χ2n) is 5.48. The third kappa shape index (κ3) is 2.49. The minimum absolute atomic E-state index is 0.566. The molecular formula is C14H21BrN2. The van der Waals surface area contributed by atoms with Gasteiger partial charge in [0, 0.05) is 18.8 Å². The summed E-state index contributed by atoms with van der Waals surface area (Å²) in [6.45, 7) is 10.2. The highest BCUT2D eigenvalue weighted by Gasteiger charge is 2.30. The lowest BCUT2D eigenvalue weighted by Crippen LogP contribution is -2.46. The molecule has 3 unspecified atom stereocenters. The van der Waals surface area contributed by atoms with E-state index in [-0.39, 0.29) is 0 Å². The summed E-state index contributed by atoms with van der Waals surface area (Å²) in [6.07, 6.45) is 3.23. The molecule has 0 aromatic carbocycles. The van der Waals surface area contributed by atoms with Gasteiger partial charge in [0.2, 0.25) is 0 Å². The number of rotatable bonds is 1. The average molecular weight is 297 g/mol. The molecule has 17 heavy (non-hydrogen) atoms. The fraction of sp³-hybridized carbons (Fsp3) is 0.643. The molecule has 3 heteroatoms. The van der Waals surface area contributed by atoms with Crippen LogP contribution in [0.1, 0.15) is 32.8 Å². The molecule has 1 aromatic rings. The predicted molar refractivity (Wildman–Crippen MR) is 76.4 cm³/mol. The van der Waals surface area contributed by atoms with E-state index in [1.165, 1.54) is 12.0 Å². The average Bonchev–Trinajstić information content (AvgIpc) is 2.27. The van der Waals surface area contributed by atoms with Gasteiger partial charge in [-0.2, -0.15) is 0 Å². The first kappa shape index (κ1) is 12.9. The molecule has 0 radical (unpaired) electrons. The number of piperidine rings is 1. The van der Waals surface area contributed by atoms with E-state index in [1.54, 1.807) is 0 Å². The van der Waals surface area contributed by atoms with E-state index in [4.69, 9.17) is 0 Å². The van der Waals surface area contributed by atoms with Crippen LogP contribution in [0.15, 0.2) is 16.7 Å². The summed E-state index contributed by atoms with van der Waals surface area (Å²) >= 11 is 3.68. The van der Waals surface area contributed by atoms with Crippen molar-refractivity contribution in [1.82, 2.24) is 4.98 Å². The molecule has 0 bridgehead atoms. The summed E-state index contributed by atoms with van der Waals surface area (Å²) in [6, 6.07) is 2.62. The Morgan fingerprint density at radius 2 is 2.06 bits per heavy atom. The number of pyridine rings is 1. The van der Waals surface area contributed by atoms with Crippen molar-refractivity contribution in [3.8, 4) is 0 Å². The van der Waals surface area contributed by atoms with Crippen LogP contribution in [0.4, 0.5) is 5.82 Å². The number of halogens is 1. The van der Waals surface area contributed by atoms with E-state index in [2.05, 4.69) is 59.6 Å². The summed E-state index contributed by atoms with van der Waals surface area (Å²) in [7, 11) is 0. The van der Waals surface area contributed by atoms with E-state index in [1.807, 2.05) is 6.20 Å². The molecule has 1 aromatic heterocycles. The zero-order chi connectivity index (χ0) is 12.6. The van der Waals surface area contributed by atoms with E-state index < -0.39 is 0 Å². The highest BCUT2D eigenvalue weighted by molar-refractivity contribution is 9.10. The van der Waals surface area contributed by atoms with Gasteiger partial charge in [0.25, 0.3) is 0 Å². The first-order valence-electron chi connectivity index (χ1n) is 6.38. The number of hydrogen-bond acceptors (Lipinski definition) is 2. The quantitative estimate of drug-likeness (QED) is 0.778. The summed E-state index contributed by atoms with van der Waals surface area (Å²) in [4.78, 5) is 7.02. The van der Waals surface area contributed by atoms with Gasteiger partial charge in [0.1, 0.15) is 5.82 Å².